The van der Waals surface area contributed by atoms with Gasteiger partial charge < -0.3 is 4.90 Å². The van der Waals surface area contributed by atoms with E-state index in [-0.39, 0.29) is 0 Å². The van der Waals surface area contributed by atoms with Crippen LogP contribution in [0.3, 0.4) is 0 Å². The Morgan fingerprint density at radius 1 is 1.25 bits per heavy atom. The van der Waals surface area contributed by atoms with Crippen molar-refractivity contribution in [2.24, 2.45) is 0 Å². The molecule has 0 saturated carbocycles. The molecule has 0 atom stereocenters. The van der Waals surface area contributed by atoms with E-state index in [2.05, 4.69) is 20.9 Å². The van der Waals surface area contributed by atoms with Crippen LogP contribution >= 0.6 is 15.9 Å². The number of nitrogens with zero attached hydrogens (tertiary/aromatic N) is 2. The van der Waals surface area contributed by atoms with E-state index in [1.165, 1.54) is 4.90 Å². The number of amides is 1. The van der Waals surface area contributed by atoms with Crippen molar-refractivity contribution in [3.8, 4) is 0 Å². The first-order valence-corrected chi connectivity index (χ1v) is 6.92. The number of halogens is 1. The molecule has 4 nitrogen and oxygen atoms in total. The number of hydrogen-bond donors (Lipinski definition) is 0. The van der Waals surface area contributed by atoms with Crippen LogP contribution < -0.4 is 4.90 Å². The molecule has 0 radical (unpaired) electrons. The fourth-order valence-corrected chi connectivity index (χ4v) is 2.88. The van der Waals surface area contributed by atoms with E-state index < -0.39 is 11.7 Å². The summed E-state index contributed by atoms with van der Waals surface area (Å²) in [6.07, 6.45) is 3.46. The van der Waals surface area contributed by atoms with Crippen LogP contribution in [-0.2, 0) is 11.3 Å². The summed E-state index contributed by atoms with van der Waals surface area (Å²) in [5, 5.41) is 0. The third kappa shape index (κ3) is 2.04. The Hall–Kier alpha value is -2.01. The zero-order chi connectivity index (χ0) is 14.3. The number of pyridine rings is 1. The number of benzene rings is 1. The summed E-state index contributed by atoms with van der Waals surface area (Å²) < 4.78 is 0.651. The molecule has 5 heteroatoms. The van der Waals surface area contributed by atoms with Gasteiger partial charge in [0.1, 0.15) is 0 Å². The number of aromatic nitrogens is 1. The second-order valence-corrected chi connectivity index (χ2v) is 5.58. The van der Waals surface area contributed by atoms with Crippen molar-refractivity contribution in [3.05, 3.63) is 57.8 Å². The van der Waals surface area contributed by atoms with Crippen molar-refractivity contribution in [2.45, 2.75) is 13.5 Å². The van der Waals surface area contributed by atoms with E-state index in [1.54, 1.807) is 24.5 Å². The van der Waals surface area contributed by atoms with Crippen molar-refractivity contribution in [2.75, 3.05) is 4.90 Å². The van der Waals surface area contributed by atoms with Gasteiger partial charge in [-0.05, 0) is 46.1 Å². The summed E-state index contributed by atoms with van der Waals surface area (Å²) in [5.74, 6) is -0.957. The number of anilines is 1. The fraction of sp³-hybridized carbons (Fsp3) is 0.133. The minimum Gasteiger partial charge on any atom is -0.300 e. The molecular formula is C15H11BrN2O2. The third-order valence-electron chi connectivity index (χ3n) is 3.22. The first kappa shape index (κ1) is 13.0. The molecule has 1 aliphatic heterocycles. The Kier molecular flexibility index (Phi) is 3.14. The zero-order valence-electron chi connectivity index (χ0n) is 10.8. The molecule has 3 rings (SSSR count). The lowest BCUT2D eigenvalue weighted by atomic mass is 10.1. The maximum Gasteiger partial charge on any atom is 0.299 e. The van der Waals surface area contributed by atoms with Gasteiger partial charge in [-0.2, -0.15) is 0 Å². The Balaban J connectivity index is 2.02. The van der Waals surface area contributed by atoms with Crippen LogP contribution in [0.25, 0.3) is 0 Å². The van der Waals surface area contributed by atoms with Crippen LogP contribution in [0.1, 0.15) is 21.5 Å². The summed E-state index contributed by atoms with van der Waals surface area (Å²) in [5.41, 5.74) is 3.02. The molecule has 1 amide bonds. The molecule has 0 unspecified atom stereocenters. The molecule has 0 fully saturated rings. The summed E-state index contributed by atoms with van der Waals surface area (Å²) >= 11 is 3.33. The molecule has 1 aromatic carbocycles. The normalized spacial score (nSPS) is 13.8. The first-order chi connectivity index (χ1) is 9.58. The van der Waals surface area contributed by atoms with Crippen molar-refractivity contribution in [1.82, 2.24) is 4.98 Å². The van der Waals surface area contributed by atoms with Gasteiger partial charge in [0, 0.05) is 16.9 Å². The molecule has 100 valence electrons. The monoisotopic (exact) mass is 330 g/mol. The van der Waals surface area contributed by atoms with Gasteiger partial charge in [0.15, 0.2) is 0 Å². The predicted molar refractivity (Wildman–Crippen MR) is 78.6 cm³/mol. The van der Waals surface area contributed by atoms with Crippen molar-refractivity contribution in [3.63, 3.8) is 0 Å². The maximum atomic E-state index is 12.1. The van der Waals surface area contributed by atoms with E-state index in [1.807, 2.05) is 19.1 Å². The van der Waals surface area contributed by atoms with Crippen LogP contribution in [0.5, 0.6) is 0 Å². The Bertz CT molecular complexity index is 728. The molecule has 0 aliphatic carbocycles. The maximum absolute atomic E-state index is 12.1. The number of carbonyl (C=O) groups is 2. The molecule has 0 bridgehead atoms. The van der Waals surface area contributed by atoms with Gasteiger partial charge in [0.2, 0.25) is 0 Å². The minimum atomic E-state index is -0.492. The summed E-state index contributed by atoms with van der Waals surface area (Å²) in [6.45, 7) is 2.29. The quantitative estimate of drug-likeness (QED) is 0.795. The van der Waals surface area contributed by atoms with E-state index in [0.29, 0.717) is 22.3 Å². The lowest BCUT2D eigenvalue weighted by molar-refractivity contribution is -0.114. The second-order valence-electron chi connectivity index (χ2n) is 4.72. The van der Waals surface area contributed by atoms with Crippen LogP contribution in [0, 0.1) is 6.92 Å². The van der Waals surface area contributed by atoms with E-state index >= 15 is 0 Å². The van der Waals surface area contributed by atoms with Crippen molar-refractivity contribution < 1.29 is 9.59 Å². The molecule has 1 aromatic heterocycles. The van der Waals surface area contributed by atoms with Gasteiger partial charge in [0.25, 0.3) is 11.7 Å². The highest BCUT2D eigenvalue weighted by Crippen LogP contribution is 2.35. The van der Waals surface area contributed by atoms with E-state index in [4.69, 9.17) is 0 Å². The standard InChI is InChI=1S/C15H11BrN2O2/c1-9-5-10(7-17-6-9)8-18-12-4-2-3-11(16)13(12)14(19)15(18)20/h2-7H,8H2,1H3. The fourth-order valence-electron chi connectivity index (χ4n) is 2.34. The smallest absolute Gasteiger partial charge is 0.299 e. The van der Waals surface area contributed by atoms with Gasteiger partial charge in [-0.3, -0.25) is 14.6 Å². The minimum absolute atomic E-state index is 0.350. The molecule has 0 spiro atoms. The highest BCUT2D eigenvalue weighted by Gasteiger charge is 2.37. The number of hydrogen-bond acceptors (Lipinski definition) is 3. The molecule has 1 aliphatic rings. The number of ketones is 1. The van der Waals surface area contributed by atoms with Gasteiger partial charge in [-0.1, -0.05) is 12.1 Å². The molecule has 20 heavy (non-hydrogen) atoms. The average Bonchev–Trinajstić information content (AvgIpc) is 2.65. The molecule has 0 saturated heterocycles. The topological polar surface area (TPSA) is 50.3 Å². The number of fused-ring (bicyclic) bond motifs is 1. The highest BCUT2D eigenvalue weighted by atomic mass is 79.9. The van der Waals surface area contributed by atoms with Crippen molar-refractivity contribution >= 4 is 33.3 Å². The number of aryl methyl sites for hydroxylation is 1. The van der Waals surface area contributed by atoms with Crippen LogP contribution in [0.2, 0.25) is 0 Å². The number of carbonyl (C=O) groups excluding carboxylic acids is 2. The zero-order valence-corrected chi connectivity index (χ0v) is 12.3. The average molecular weight is 331 g/mol. The molecule has 2 aromatic rings. The van der Waals surface area contributed by atoms with E-state index in [0.717, 1.165) is 11.1 Å². The lowest BCUT2D eigenvalue weighted by Crippen LogP contribution is -2.29. The second kappa shape index (κ2) is 4.83. The summed E-state index contributed by atoms with van der Waals surface area (Å²) in [6, 6.07) is 7.32. The Morgan fingerprint density at radius 2 is 2.05 bits per heavy atom. The predicted octanol–water partition coefficient (Wildman–Crippen LogP) is 2.88. The van der Waals surface area contributed by atoms with Gasteiger partial charge in [-0.15, -0.1) is 0 Å². The summed E-state index contributed by atoms with van der Waals surface area (Å²) in [7, 11) is 0. The number of rotatable bonds is 2. The van der Waals surface area contributed by atoms with Gasteiger partial charge in [-0.25, -0.2) is 0 Å². The Morgan fingerprint density at radius 3 is 2.80 bits per heavy atom. The largest absolute Gasteiger partial charge is 0.300 e. The first-order valence-electron chi connectivity index (χ1n) is 6.13. The van der Waals surface area contributed by atoms with Crippen molar-refractivity contribution in [1.29, 1.82) is 0 Å². The van der Waals surface area contributed by atoms with Gasteiger partial charge in [0.05, 0.1) is 17.8 Å². The Labute approximate surface area is 124 Å². The van der Waals surface area contributed by atoms with E-state index in [9.17, 15) is 9.59 Å². The third-order valence-corrected chi connectivity index (χ3v) is 3.88. The lowest BCUT2D eigenvalue weighted by Gasteiger charge is -2.16. The molecule has 0 N–H and O–H groups in total. The number of Topliss-reactive ketones (excluding diaryl/α,β-unsaturated/α-hetero) is 1. The molecular weight excluding hydrogens is 320 g/mol. The highest BCUT2D eigenvalue weighted by molar-refractivity contribution is 9.10. The SMILES string of the molecule is Cc1cncc(CN2C(=O)C(=O)c3c(Br)cccc32)c1. The van der Waals surface area contributed by atoms with Crippen LogP contribution in [-0.4, -0.2) is 16.7 Å². The van der Waals surface area contributed by atoms with Crippen LogP contribution in [0.4, 0.5) is 5.69 Å². The summed E-state index contributed by atoms with van der Waals surface area (Å²) in [4.78, 5) is 29.8. The molecule has 2 heterocycles. The van der Waals surface area contributed by atoms with Crippen LogP contribution in [0.15, 0.2) is 41.1 Å². The van der Waals surface area contributed by atoms with Gasteiger partial charge >= 0.3 is 0 Å².